The van der Waals surface area contributed by atoms with Crippen LogP contribution in [0.15, 0.2) is 6.20 Å². The van der Waals surface area contributed by atoms with Gasteiger partial charge in [0, 0.05) is 31.4 Å². The molecule has 0 bridgehead atoms. The van der Waals surface area contributed by atoms with Crippen LogP contribution in [-0.4, -0.2) is 39.0 Å². The molecule has 1 aromatic heterocycles. The molecule has 4 heteroatoms. The first kappa shape index (κ1) is 12.6. The minimum Gasteiger partial charge on any atom is -0.389 e. The summed E-state index contributed by atoms with van der Waals surface area (Å²) < 4.78 is 1.90. The van der Waals surface area contributed by atoms with Gasteiger partial charge in [0.15, 0.2) is 0 Å². The van der Waals surface area contributed by atoms with Gasteiger partial charge in [-0.2, -0.15) is 5.10 Å². The summed E-state index contributed by atoms with van der Waals surface area (Å²) in [5.74, 6) is 0. The van der Waals surface area contributed by atoms with Gasteiger partial charge in [-0.1, -0.05) is 12.8 Å². The van der Waals surface area contributed by atoms with Gasteiger partial charge >= 0.3 is 0 Å². The smallest absolute Gasteiger partial charge is 0.0774 e. The molecule has 0 atom stereocenters. The van der Waals surface area contributed by atoms with Crippen LogP contribution in [0.1, 0.15) is 36.9 Å². The summed E-state index contributed by atoms with van der Waals surface area (Å²) >= 11 is 0. The Hall–Kier alpha value is -0.870. The first-order valence-electron chi connectivity index (χ1n) is 6.39. The minimum absolute atomic E-state index is 0.454. The third-order valence-corrected chi connectivity index (χ3v) is 3.88. The maximum Gasteiger partial charge on any atom is 0.0774 e. The number of aromatic nitrogens is 2. The average molecular weight is 237 g/mol. The quantitative estimate of drug-likeness (QED) is 0.862. The molecule has 0 amide bonds. The van der Waals surface area contributed by atoms with Crippen LogP contribution in [-0.2, 0) is 13.6 Å². The molecule has 1 fully saturated rings. The number of likely N-dealkylation sites (N-methyl/N-ethyl adjacent to an activating group) is 1. The van der Waals surface area contributed by atoms with Crippen LogP contribution in [0.5, 0.6) is 0 Å². The van der Waals surface area contributed by atoms with E-state index in [4.69, 9.17) is 0 Å². The van der Waals surface area contributed by atoms with Crippen molar-refractivity contribution < 1.29 is 5.11 Å². The number of nitrogens with zero attached hydrogens (tertiary/aromatic N) is 3. The molecule has 4 nitrogen and oxygen atoms in total. The number of hydrogen-bond acceptors (Lipinski definition) is 3. The molecule has 0 aromatic carbocycles. The van der Waals surface area contributed by atoms with Crippen molar-refractivity contribution in [2.75, 3.05) is 13.6 Å². The Kier molecular flexibility index (Phi) is 3.54. The molecule has 0 spiro atoms. The molecular formula is C13H23N3O. The standard InChI is InChI=1S/C13H23N3O/c1-11-12(8-14-16(11)3)9-15(2)10-13(17)6-4-5-7-13/h8,17H,4-7,9-10H2,1-3H3. The molecule has 0 radical (unpaired) electrons. The van der Waals surface area contributed by atoms with E-state index in [0.717, 1.165) is 38.8 Å². The van der Waals surface area contributed by atoms with E-state index in [9.17, 15) is 5.11 Å². The molecule has 1 aromatic rings. The number of aryl methyl sites for hydroxylation is 1. The second kappa shape index (κ2) is 4.78. The summed E-state index contributed by atoms with van der Waals surface area (Å²) in [6.07, 6.45) is 6.14. The lowest BCUT2D eigenvalue weighted by atomic mass is 10.0. The van der Waals surface area contributed by atoms with Crippen molar-refractivity contribution in [2.24, 2.45) is 7.05 Å². The zero-order valence-electron chi connectivity index (χ0n) is 11.1. The molecule has 1 heterocycles. The highest BCUT2D eigenvalue weighted by molar-refractivity contribution is 5.15. The van der Waals surface area contributed by atoms with Crippen LogP contribution in [0.25, 0.3) is 0 Å². The molecule has 96 valence electrons. The van der Waals surface area contributed by atoms with E-state index < -0.39 is 5.60 Å². The van der Waals surface area contributed by atoms with Crippen molar-refractivity contribution in [3.63, 3.8) is 0 Å². The zero-order valence-corrected chi connectivity index (χ0v) is 11.1. The Morgan fingerprint density at radius 3 is 2.65 bits per heavy atom. The lowest BCUT2D eigenvalue weighted by Crippen LogP contribution is -2.38. The van der Waals surface area contributed by atoms with Crippen LogP contribution in [0.3, 0.4) is 0 Å². The maximum absolute atomic E-state index is 10.4. The fraction of sp³-hybridized carbons (Fsp3) is 0.769. The van der Waals surface area contributed by atoms with Crippen LogP contribution in [0, 0.1) is 6.92 Å². The molecular weight excluding hydrogens is 214 g/mol. The highest BCUT2D eigenvalue weighted by atomic mass is 16.3. The van der Waals surface area contributed by atoms with Gasteiger partial charge in [-0.3, -0.25) is 9.58 Å². The van der Waals surface area contributed by atoms with Crippen LogP contribution < -0.4 is 0 Å². The number of rotatable bonds is 4. The maximum atomic E-state index is 10.4. The first-order valence-corrected chi connectivity index (χ1v) is 6.39. The summed E-state index contributed by atoms with van der Waals surface area (Å²) in [5.41, 5.74) is 2.00. The fourth-order valence-electron chi connectivity index (χ4n) is 2.74. The topological polar surface area (TPSA) is 41.3 Å². The van der Waals surface area contributed by atoms with Gasteiger partial charge in [-0.15, -0.1) is 0 Å². The molecule has 1 aliphatic rings. The van der Waals surface area contributed by atoms with E-state index in [1.165, 1.54) is 11.3 Å². The Labute approximate surface area is 103 Å². The average Bonchev–Trinajstić information content (AvgIpc) is 2.80. The molecule has 0 unspecified atom stereocenters. The third-order valence-electron chi connectivity index (χ3n) is 3.88. The van der Waals surface area contributed by atoms with Crippen LogP contribution in [0.2, 0.25) is 0 Å². The van der Waals surface area contributed by atoms with E-state index >= 15 is 0 Å². The lowest BCUT2D eigenvalue weighted by Gasteiger charge is -2.28. The van der Waals surface area contributed by atoms with E-state index in [0.29, 0.717) is 0 Å². The highest BCUT2D eigenvalue weighted by Gasteiger charge is 2.32. The Bertz CT molecular complexity index is 380. The van der Waals surface area contributed by atoms with Crippen LogP contribution in [0.4, 0.5) is 0 Å². The van der Waals surface area contributed by atoms with Gasteiger partial charge in [0.25, 0.3) is 0 Å². The Balaban J connectivity index is 1.93. The van der Waals surface area contributed by atoms with Crippen molar-refractivity contribution in [3.05, 3.63) is 17.5 Å². The summed E-state index contributed by atoms with van der Waals surface area (Å²) in [5, 5.41) is 14.6. The Morgan fingerprint density at radius 2 is 2.12 bits per heavy atom. The van der Waals surface area contributed by atoms with Crippen molar-refractivity contribution in [1.29, 1.82) is 0 Å². The first-order chi connectivity index (χ1) is 8.00. The second-order valence-corrected chi connectivity index (χ2v) is 5.48. The van der Waals surface area contributed by atoms with E-state index in [1.807, 2.05) is 17.9 Å². The molecule has 1 saturated carbocycles. The largest absolute Gasteiger partial charge is 0.389 e. The molecule has 17 heavy (non-hydrogen) atoms. The van der Waals surface area contributed by atoms with Gasteiger partial charge in [0.1, 0.15) is 0 Å². The molecule has 1 aliphatic carbocycles. The third kappa shape index (κ3) is 2.87. The molecule has 0 aliphatic heterocycles. The fourth-order valence-corrected chi connectivity index (χ4v) is 2.74. The van der Waals surface area contributed by atoms with Crippen LogP contribution >= 0.6 is 0 Å². The van der Waals surface area contributed by atoms with Crippen molar-refractivity contribution in [3.8, 4) is 0 Å². The van der Waals surface area contributed by atoms with Gasteiger partial charge in [-0.05, 0) is 26.8 Å². The van der Waals surface area contributed by atoms with Gasteiger partial charge < -0.3 is 5.11 Å². The predicted octanol–water partition coefficient (Wildman–Crippen LogP) is 1.47. The van der Waals surface area contributed by atoms with Crippen molar-refractivity contribution >= 4 is 0 Å². The van der Waals surface area contributed by atoms with E-state index in [1.54, 1.807) is 0 Å². The summed E-state index contributed by atoms with van der Waals surface area (Å²) in [4.78, 5) is 2.20. The number of hydrogen-bond donors (Lipinski definition) is 1. The summed E-state index contributed by atoms with van der Waals surface area (Å²) in [6, 6.07) is 0. The highest BCUT2D eigenvalue weighted by Crippen LogP contribution is 2.30. The molecule has 2 rings (SSSR count). The Morgan fingerprint density at radius 1 is 1.47 bits per heavy atom. The number of aliphatic hydroxyl groups is 1. The minimum atomic E-state index is -0.454. The summed E-state index contributed by atoms with van der Waals surface area (Å²) in [6.45, 7) is 3.71. The van der Waals surface area contributed by atoms with Gasteiger partial charge in [0.05, 0.1) is 11.8 Å². The predicted molar refractivity (Wildman–Crippen MR) is 67.7 cm³/mol. The lowest BCUT2D eigenvalue weighted by molar-refractivity contribution is 0.0145. The zero-order chi connectivity index (χ0) is 12.5. The molecule has 1 N–H and O–H groups in total. The normalized spacial score (nSPS) is 19.1. The van der Waals surface area contributed by atoms with E-state index in [2.05, 4.69) is 24.0 Å². The van der Waals surface area contributed by atoms with Crippen molar-refractivity contribution in [1.82, 2.24) is 14.7 Å². The molecule has 0 saturated heterocycles. The van der Waals surface area contributed by atoms with Crippen molar-refractivity contribution in [2.45, 2.75) is 44.8 Å². The van der Waals surface area contributed by atoms with Gasteiger partial charge in [-0.25, -0.2) is 0 Å². The van der Waals surface area contributed by atoms with Gasteiger partial charge in [0.2, 0.25) is 0 Å². The monoisotopic (exact) mass is 237 g/mol. The SMILES string of the molecule is Cc1c(CN(C)CC2(O)CCCC2)cnn1C. The summed E-state index contributed by atoms with van der Waals surface area (Å²) in [7, 11) is 4.03. The van der Waals surface area contributed by atoms with E-state index in [-0.39, 0.29) is 0 Å². The second-order valence-electron chi connectivity index (χ2n) is 5.48.